The largest absolute Gasteiger partial charge is 0.361 e. The first-order valence-electron chi connectivity index (χ1n) is 9.40. The number of likely N-dealkylation sites (tertiary alicyclic amines) is 1. The monoisotopic (exact) mass is 318 g/mol. The van der Waals surface area contributed by atoms with E-state index in [2.05, 4.69) is 25.9 Å². The van der Waals surface area contributed by atoms with Gasteiger partial charge in [-0.3, -0.25) is 14.7 Å². The summed E-state index contributed by atoms with van der Waals surface area (Å²) in [5.41, 5.74) is 1.07. The van der Waals surface area contributed by atoms with Gasteiger partial charge in [0.25, 0.3) is 0 Å². The molecule has 0 N–H and O–H groups in total. The molecule has 1 aliphatic carbocycles. The molecule has 0 aromatic carbocycles. The highest BCUT2D eigenvalue weighted by Crippen LogP contribution is 2.25. The highest BCUT2D eigenvalue weighted by atomic mass is 16.5. The van der Waals surface area contributed by atoms with Gasteiger partial charge in [0.05, 0.1) is 5.69 Å². The Balaban J connectivity index is 1.18. The van der Waals surface area contributed by atoms with Crippen LogP contribution >= 0.6 is 0 Å². The number of piperazine rings is 1. The molecule has 1 aromatic heterocycles. The molecule has 0 unspecified atom stereocenters. The van der Waals surface area contributed by atoms with E-state index in [1.807, 2.05) is 6.92 Å². The Labute approximate surface area is 139 Å². The Hall–Kier alpha value is -0.910. The van der Waals surface area contributed by atoms with Crippen LogP contribution < -0.4 is 0 Å². The second-order valence-corrected chi connectivity index (χ2v) is 7.64. The molecule has 3 fully saturated rings. The second-order valence-electron chi connectivity index (χ2n) is 7.64. The fourth-order valence-corrected chi connectivity index (χ4v) is 4.54. The number of rotatable bonds is 4. The maximum absolute atomic E-state index is 5.15. The van der Waals surface area contributed by atoms with Crippen LogP contribution in [0.5, 0.6) is 0 Å². The average molecular weight is 318 g/mol. The molecule has 0 atom stereocenters. The summed E-state index contributed by atoms with van der Waals surface area (Å²) in [4.78, 5) is 7.96. The lowest BCUT2D eigenvalue weighted by Gasteiger charge is -2.49. The Kier molecular flexibility index (Phi) is 4.69. The first-order chi connectivity index (χ1) is 11.3. The lowest BCUT2D eigenvalue weighted by atomic mass is 9.93. The van der Waals surface area contributed by atoms with Crippen molar-refractivity contribution in [1.82, 2.24) is 19.9 Å². The summed E-state index contributed by atoms with van der Waals surface area (Å²) >= 11 is 0. The summed E-state index contributed by atoms with van der Waals surface area (Å²) in [5.74, 6) is 0.913. The van der Waals surface area contributed by atoms with Crippen molar-refractivity contribution in [3.05, 3.63) is 17.5 Å². The van der Waals surface area contributed by atoms with Crippen molar-refractivity contribution in [3.63, 3.8) is 0 Å². The number of nitrogens with zero attached hydrogens (tertiary/aromatic N) is 4. The van der Waals surface area contributed by atoms with Gasteiger partial charge in [0.2, 0.25) is 0 Å². The highest BCUT2D eigenvalue weighted by Gasteiger charge is 2.34. The summed E-state index contributed by atoms with van der Waals surface area (Å²) < 4.78 is 5.15. The van der Waals surface area contributed by atoms with E-state index in [1.165, 1.54) is 71.4 Å². The molecule has 1 aromatic rings. The summed E-state index contributed by atoms with van der Waals surface area (Å²) in [7, 11) is 0. The lowest BCUT2D eigenvalue weighted by molar-refractivity contribution is -0.0111. The summed E-state index contributed by atoms with van der Waals surface area (Å²) in [6.07, 6.45) is 7.23. The smallest absolute Gasteiger partial charge is 0.133 e. The van der Waals surface area contributed by atoms with Crippen LogP contribution in [0.15, 0.2) is 10.6 Å². The zero-order valence-electron chi connectivity index (χ0n) is 14.4. The average Bonchev–Trinajstić information content (AvgIpc) is 2.97. The van der Waals surface area contributed by atoms with Crippen LogP contribution in [-0.4, -0.2) is 71.2 Å². The molecular formula is C18H30N4O. The summed E-state index contributed by atoms with van der Waals surface area (Å²) in [5, 5.41) is 4.10. The molecule has 5 nitrogen and oxygen atoms in total. The molecule has 23 heavy (non-hydrogen) atoms. The van der Waals surface area contributed by atoms with Crippen molar-refractivity contribution in [3.8, 4) is 0 Å². The summed E-state index contributed by atoms with van der Waals surface area (Å²) in [6, 6.07) is 3.70. The van der Waals surface area contributed by atoms with Gasteiger partial charge < -0.3 is 4.52 Å². The van der Waals surface area contributed by atoms with E-state index in [-0.39, 0.29) is 0 Å². The maximum atomic E-state index is 5.15. The predicted molar refractivity (Wildman–Crippen MR) is 90.3 cm³/mol. The Morgan fingerprint density at radius 3 is 2.26 bits per heavy atom. The van der Waals surface area contributed by atoms with Gasteiger partial charge in [0, 0.05) is 64.0 Å². The SMILES string of the molecule is Cc1cc(CN2CC(N3CCN(C4CCCCC4)CC3)C2)no1. The minimum absolute atomic E-state index is 0.761. The van der Waals surface area contributed by atoms with Crippen molar-refractivity contribution in [2.24, 2.45) is 0 Å². The Morgan fingerprint density at radius 1 is 1.00 bits per heavy atom. The van der Waals surface area contributed by atoms with Crippen LogP contribution in [0, 0.1) is 6.92 Å². The van der Waals surface area contributed by atoms with Crippen LogP contribution in [0.1, 0.15) is 43.6 Å². The Bertz CT molecular complexity index is 497. The molecule has 3 heterocycles. The van der Waals surface area contributed by atoms with E-state index >= 15 is 0 Å². The minimum Gasteiger partial charge on any atom is -0.361 e. The third kappa shape index (κ3) is 3.62. The number of hydrogen-bond acceptors (Lipinski definition) is 5. The van der Waals surface area contributed by atoms with Gasteiger partial charge in [0.15, 0.2) is 0 Å². The van der Waals surface area contributed by atoms with Crippen LogP contribution in [0.25, 0.3) is 0 Å². The van der Waals surface area contributed by atoms with Crippen molar-refractivity contribution in [1.29, 1.82) is 0 Å². The maximum Gasteiger partial charge on any atom is 0.133 e. The number of aryl methyl sites for hydroxylation is 1. The fourth-order valence-electron chi connectivity index (χ4n) is 4.54. The third-order valence-corrected chi connectivity index (χ3v) is 5.96. The van der Waals surface area contributed by atoms with Crippen LogP contribution in [-0.2, 0) is 6.54 Å². The zero-order valence-corrected chi connectivity index (χ0v) is 14.4. The minimum atomic E-state index is 0.761. The Morgan fingerprint density at radius 2 is 1.65 bits per heavy atom. The molecular weight excluding hydrogens is 288 g/mol. The van der Waals surface area contributed by atoms with Crippen LogP contribution in [0.3, 0.4) is 0 Å². The number of hydrogen-bond donors (Lipinski definition) is 0. The topological polar surface area (TPSA) is 35.8 Å². The normalized spacial score (nSPS) is 26.5. The van der Waals surface area contributed by atoms with Crippen LogP contribution in [0.4, 0.5) is 0 Å². The van der Waals surface area contributed by atoms with Crippen molar-refractivity contribution < 1.29 is 4.52 Å². The van der Waals surface area contributed by atoms with Gasteiger partial charge in [-0.1, -0.05) is 24.4 Å². The van der Waals surface area contributed by atoms with Gasteiger partial charge in [0.1, 0.15) is 5.76 Å². The van der Waals surface area contributed by atoms with E-state index in [4.69, 9.17) is 4.52 Å². The van der Waals surface area contributed by atoms with E-state index in [0.717, 1.165) is 30.1 Å². The van der Waals surface area contributed by atoms with Crippen molar-refractivity contribution >= 4 is 0 Å². The highest BCUT2D eigenvalue weighted by molar-refractivity contribution is 5.05. The second kappa shape index (κ2) is 6.91. The van der Waals surface area contributed by atoms with E-state index in [1.54, 1.807) is 0 Å². The first-order valence-corrected chi connectivity index (χ1v) is 9.40. The van der Waals surface area contributed by atoms with Gasteiger partial charge in [-0.05, 0) is 19.8 Å². The molecule has 2 saturated heterocycles. The van der Waals surface area contributed by atoms with Crippen LogP contribution in [0.2, 0.25) is 0 Å². The summed E-state index contributed by atoms with van der Waals surface area (Å²) in [6.45, 7) is 10.4. The van der Waals surface area contributed by atoms with E-state index < -0.39 is 0 Å². The third-order valence-electron chi connectivity index (χ3n) is 5.96. The predicted octanol–water partition coefficient (Wildman–Crippen LogP) is 2.12. The van der Waals surface area contributed by atoms with Gasteiger partial charge in [-0.15, -0.1) is 0 Å². The van der Waals surface area contributed by atoms with E-state index in [9.17, 15) is 0 Å². The van der Waals surface area contributed by atoms with Gasteiger partial charge in [-0.2, -0.15) is 0 Å². The quantitative estimate of drug-likeness (QED) is 0.850. The van der Waals surface area contributed by atoms with E-state index in [0.29, 0.717) is 0 Å². The molecule has 3 aliphatic rings. The molecule has 0 radical (unpaired) electrons. The van der Waals surface area contributed by atoms with Gasteiger partial charge >= 0.3 is 0 Å². The standard InChI is InChI=1S/C18H30N4O/c1-15-11-16(19-23-15)12-20-13-18(14-20)22-9-7-21(8-10-22)17-5-3-2-4-6-17/h11,17-18H,2-10,12-14H2,1H3. The molecule has 2 aliphatic heterocycles. The zero-order chi connectivity index (χ0) is 15.6. The van der Waals surface area contributed by atoms with Crippen molar-refractivity contribution in [2.45, 2.75) is 57.7 Å². The molecule has 128 valence electrons. The van der Waals surface area contributed by atoms with Crippen molar-refractivity contribution in [2.75, 3.05) is 39.3 Å². The molecule has 1 saturated carbocycles. The molecule has 4 rings (SSSR count). The lowest BCUT2D eigenvalue weighted by Crippen LogP contribution is -2.63. The molecule has 0 spiro atoms. The molecule has 0 amide bonds. The van der Waals surface area contributed by atoms with Gasteiger partial charge in [-0.25, -0.2) is 0 Å². The first kappa shape index (κ1) is 15.6. The molecule has 5 heteroatoms. The molecule has 0 bridgehead atoms. The number of aromatic nitrogens is 1. The fraction of sp³-hybridized carbons (Fsp3) is 0.833.